The maximum atomic E-state index is 14.9. The number of fused-ring (bicyclic) bond motifs is 2. The number of ether oxygens (including phenoxy) is 3. The van der Waals surface area contributed by atoms with E-state index in [1.54, 1.807) is 31.2 Å². The molecule has 14 heteroatoms. The van der Waals surface area contributed by atoms with Crippen LogP contribution in [0.5, 0.6) is 17.2 Å². The number of aromatic nitrogens is 2. The average molecular weight is 645 g/mol. The van der Waals surface area contributed by atoms with Gasteiger partial charge in [0.05, 0.1) is 31.3 Å². The zero-order valence-electron chi connectivity index (χ0n) is 24.5. The highest BCUT2D eigenvalue weighted by molar-refractivity contribution is 6.36. The molecule has 1 unspecified atom stereocenters. The Balaban J connectivity index is 1.39. The molecule has 0 bridgehead atoms. The molecular formula is C32H25ClN4O9. The Hall–Kier alpha value is -5.56. The van der Waals surface area contributed by atoms with Gasteiger partial charge in [-0.3, -0.25) is 19.4 Å². The van der Waals surface area contributed by atoms with Crippen LogP contribution in [-0.4, -0.2) is 52.4 Å². The minimum Gasteiger partial charge on any atom is -0.496 e. The number of aromatic carboxylic acids is 1. The molecule has 1 spiro atoms. The van der Waals surface area contributed by atoms with Crippen molar-refractivity contribution in [1.82, 2.24) is 9.97 Å². The van der Waals surface area contributed by atoms with Crippen LogP contribution >= 0.6 is 11.6 Å². The number of hydrogen-bond acceptors (Lipinski definition) is 11. The number of methoxy groups -OCH3 is 2. The van der Waals surface area contributed by atoms with Gasteiger partial charge >= 0.3 is 5.97 Å². The van der Waals surface area contributed by atoms with Crippen LogP contribution in [0.25, 0.3) is 11.3 Å². The topological polar surface area (TPSA) is 196 Å². The number of aromatic amines is 1. The molecule has 1 aliphatic carbocycles. The zero-order valence-corrected chi connectivity index (χ0v) is 25.3. The maximum absolute atomic E-state index is 14.9. The lowest BCUT2D eigenvalue weighted by atomic mass is 9.66. The van der Waals surface area contributed by atoms with Gasteiger partial charge in [-0.2, -0.15) is 4.98 Å². The largest absolute Gasteiger partial charge is 0.496 e. The van der Waals surface area contributed by atoms with Gasteiger partial charge < -0.3 is 34.8 Å². The number of ketones is 2. The Morgan fingerprint density at radius 1 is 1.09 bits per heavy atom. The molecule has 4 heterocycles. The summed E-state index contributed by atoms with van der Waals surface area (Å²) in [7, 11) is 2.78. The Morgan fingerprint density at radius 3 is 2.48 bits per heavy atom. The molecule has 0 radical (unpaired) electrons. The van der Waals surface area contributed by atoms with E-state index in [0.29, 0.717) is 17.0 Å². The van der Waals surface area contributed by atoms with Crippen molar-refractivity contribution in [2.45, 2.75) is 24.9 Å². The van der Waals surface area contributed by atoms with E-state index in [1.165, 1.54) is 32.4 Å². The summed E-state index contributed by atoms with van der Waals surface area (Å²) < 4.78 is 23.4. The second-order valence-electron chi connectivity index (χ2n) is 11.1. The first-order valence-electron chi connectivity index (χ1n) is 14.1. The third-order valence-corrected chi connectivity index (χ3v) is 9.04. The molecular weight excluding hydrogens is 620 g/mol. The molecule has 0 saturated carbocycles. The molecule has 3 aliphatic rings. The van der Waals surface area contributed by atoms with Crippen LogP contribution in [0.4, 0.5) is 11.8 Å². The summed E-state index contributed by atoms with van der Waals surface area (Å²) in [6.45, 7) is 1.71. The summed E-state index contributed by atoms with van der Waals surface area (Å²) in [6.07, 6.45) is 0.145. The van der Waals surface area contributed by atoms with Gasteiger partial charge in [0.15, 0.2) is 5.75 Å². The van der Waals surface area contributed by atoms with Crippen molar-refractivity contribution in [2.24, 2.45) is 5.92 Å². The number of rotatable bonds is 5. The molecule has 2 aromatic carbocycles. The summed E-state index contributed by atoms with van der Waals surface area (Å²) in [4.78, 5) is 60.8. The van der Waals surface area contributed by atoms with E-state index in [2.05, 4.69) is 15.3 Å². The third kappa shape index (κ3) is 3.97. The van der Waals surface area contributed by atoms with E-state index in [4.69, 9.17) is 36.0 Å². The van der Waals surface area contributed by atoms with Crippen molar-refractivity contribution in [3.8, 4) is 28.6 Å². The molecule has 0 fully saturated rings. The van der Waals surface area contributed by atoms with Gasteiger partial charge in [0.25, 0.3) is 5.56 Å². The number of nitrogen functional groups attached to an aromatic ring is 1. The number of carboxylic acid groups (broad SMARTS) is 1. The lowest BCUT2D eigenvalue weighted by molar-refractivity contribution is -0.130. The number of carbonyl (C=O) groups is 3. The number of carbonyl (C=O) groups excluding carboxylic acids is 2. The number of anilines is 2. The van der Waals surface area contributed by atoms with Gasteiger partial charge in [-0.25, -0.2) is 4.79 Å². The minimum atomic E-state index is -2.04. The predicted molar refractivity (Wildman–Crippen MR) is 164 cm³/mol. The van der Waals surface area contributed by atoms with Crippen LogP contribution in [0.2, 0.25) is 5.02 Å². The molecule has 3 atom stereocenters. The third-order valence-electron chi connectivity index (χ3n) is 8.68. The van der Waals surface area contributed by atoms with Crippen molar-refractivity contribution in [1.29, 1.82) is 0 Å². The van der Waals surface area contributed by atoms with Gasteiger partial charge in [0.1, 0.15) is 39.4 Å². The van der Waals surface area contributed by atoms with E-state index >= 15 is 0 Å². The van der Waals surface area contributed by atoms with Gasteiger partial charge in [0.2, 0.25) is 23.1 Å². The SMILES string of the molecule is COc1cc(OC)c2c(c1Cl)O[C@@]1(C(=O)C3=C(C[C@H]1C)Nc1nc(N)[nH]c(=O)c1C3c1ccc(-c3ccc(C(=O)O)cc3)o1)C2=O. The highest BCUT2D eigenvalue weighted by Gasteiger charge is 2.64. The summed E-state index contributed by atoms with van der Waals surface area (Å²) in [5.74, 6) is -3.41. The molecule has 46 heavy (non-hydrogen) atoms. The van der Waals surface area contributed by atoms with Gasteiger partial charge in [-0.05, 0) is 30.7 Å². The number of Topliss-reactive ketones (excluding diaryl/α,β-unsaturated/α-hetero) is 2. The number of benzene rings is 2. The summed E-state index contributed by atoms with van der Waals surface area (Å²) in [6, 6.07) is 10.7. The monoisotopic (exact) mass is 644 g/mol. The molecule has 5 N–H and O–H groups in total. The normalized spacial score (nSPS) is 21.3. The van der Waals surface area contributed by atoms with Crippen LogP contribution in [0.15, 0.2) is 62.9 Å². The average Bonchev–Trinajstić information content (AvgIpc) is 3.64. The Kier molecular flexibility index (Phi) is 6.49. The van der Waals surface area contributed by atoms with Crippen LogP contribution < -0.4 is 30.8 Å². The van der Waals surface area contributed by atoms with Crippen LogP contribution in [0, 0.1) is 5.92 Å². The van der Waals surface area contributed by atoms with Crippen molar-refractivity contribution >= 4 is 40.9 Å². The second kappa shape index (κ2) is 10.2. The highest BCUT2D eigenvalue weighted by atomic mass is 35.5. The fourth-order valence-electron chi connectivity index (χ4n) is 6.49. The van der Waals surface area contributed by atoms with E-state index in [0.717, 1.165) is 0 Å². The molecule has 0 saturated heterocycles. The van der Waals surface area contributed by atoms with E-state index in [1.807, 2.05) is 0 Å². The molecule has 234 valence electrons. The lowest BCUT2D eigenvalue weighted by Crippen LogP contribution is -2.58. The van der Waals surface area contributed by atoms with Crippen molar-refractivity contribution in [3.63, 3.8) is 0 Å². The Bertz CT molecular complexity index is 2100. The lowest BCUT2D eigenvalue weighted by Gasteiger charge is -2.41. The molecule has 13 nitrogen and oxygen atoms in total. The number of halogens is 1. The number of nitrogens with one attached hydrogen (secondary N) is 2. The number of nitrogens with zero attached hydrogens (tertiary/aromatic N) is 1. The minimum absolute atomic E-state index is 0.00711. The quantitative estimate of drug-likeness (QED) is 0.224. The molecule has 0 amide bonds. The first-order chi connectivity index (χ1) is 22.0. The molecule has 2 aromatic heterocycles. The highest BCUT2D eigenvalue weighted by Crippen LogP contribution is 2.56. The number of nitrogens with two attached hydrogens (primary N) is 1. The first-order valence-corrected chi connectivity index (χ1v) is 14.4. The molecule has 4 aromatic rings. The van der Waals surface area contributed by atoms with E-state index in [-0.39, 0.29) is 68.5 Å². The number of allylic oxidation sites excluding steroid dienone is 1. The van der Waals surface area contributed by atoms with E-state index < -0.39 is 40.5 Å². The second-order valence-corrected chi connectivity index (χ2v) is 11.5. The number of H-pyrrole nitrogens is 1. The summed E-state index contributed by atoms with van der Waals surface area (Å²) in [5.41, 5.74) is 4.42. The van der Waals surface area contributed by atoms with Crippen LogP contribution in [0.1, 0.15) is 51.3 Å². The predicted octanol–water partition coefficient (Wildman–Crippen LogP) is 4.42. The van der Waals surface area contributed by atoms with Crippen LogP contribution in [-0.2, 0) is 4.79 Å². The number of carboxylic acids is 1. The smallest absolute Gasteiger partial charge is 0.335 e. The molecule has 7 rings (SSSR count). The number of furan rings is 1. The summed E-state index contributed by atoms with van der Waals surface area (Å²) in [5, 5.41) is 12.4. The Labute approximate surface area is 264 Å². The van der Waals surface area contributed by atoms with Crippen molar-refractivity contribution in [2.75, 3.05) is 25.3 Å². The maximum Gasteiger partial charge on any atom is 0.335 e. The molecule has 2 aliphatic heterocycles. The standard InChI is InChI=1S/C32H25ClN4O9/c1-12-10-15-20(26(38)32(12)27(39)22-18(43-2)11-19(44-3)24(33)25(22)46-32)21(23-28(35-15)36-31(34)37-29(23)40)17-9-8-16(45-17)13-4-6-14(7-5-13)30(41)42/h4-9,11-12,21H,10H2,1-3H3,(H,41,42)(H4,34,35,36,37,40)/t12-,21?,32+/m1/s1. The summed E-state index contributed by atoms with van der Waals surface area (Å²) >= 11 is 6.59. The van der Waals surface area contributed by atoms with Crippen molar-refractivity contribution < 1.29 is 38.1 Å². The Morgan fingerprint density at radius 2 is 1.80 bits per heavy atom. The van der Waals surface area contributed by atoms with Gasteiger partial charge in [0, 0.05) is 28.8 Å². The van der Waals surface area contributed by atoms with Gasteiger partial charge in [-0.15, -0.1) is 0 Å². The first kappa shape index (κ1) is 29.2. The van der Waals surface area contributed by atoms with Crippen molar-refractivity contribution in [3.05, 3.63) is 91.6 Å². The fourth-order valence-corrected chi connectivity index (χ4v) is 6.76. The van der Waals surface area contributed by atoms with E-state index in [9.17, 15) is 24.3 Å². The van der Waals surface area contributed by atoms with Gasteiger partial charge in [-0.1, -0.05) is 30.7 Å². The fraction of sp³-hybridized carbons (Fsp3) is 0.219. The zero-order chi connectivity index (χ0) is 32.7. The number of hydrogen-bond donors (Lipinski definition) is 4. The van der Waals surface area contributed by atoms with Crippen LogP contribution in [0.3, 0.4) is 0 Å².